The van der Waals surface area contributed by atoms with Crippen LogP contribution in [-0.2, 0) is 4.79 Å². The van der Waals surface area contributed by atoms with Crippen LogP contribution in [0.15, 0.2) is 29.1 Å². The summed E-state index contributed by atoms with van der Waals surface area (Å²) in [5.41, 5.74) is 5.60. The maximum Gasteiger partial charge on any atom is 0.348 e. The molecule has 0 saturated carbocycles. The Hall–Kier alpha value is -2.57. The van der Waals surface area contributed by atoms with E-state index in [1.165, 1.54) is 11.7 Å². The van der Waals surface area contributed by atoms with E-state index in [1.807, 2.05) is 6.92 Å². The third-order valence-electron chi connectivity index (χ3n) is 3.53. The summed E-state index contributed by atoms with van der Waals surface area (Å²) in [6.07, 6.45) is 2.29. The Labute approximate surface area is 128 Å². The van der Waals surface area contributed by atoms with Crippen molar-refractivity contribution in [2.45, 2.75) is 32.1 Å². The van der Waals surface area contributed by atoms with Crippen LogP contribution in [0.4, 0.5) is 0 Å². The van der Waals surface area contributed by atoms with E-state index in [0.29, 0.717) is 23.7 Å². The van der Waals surface area contributed by atoms with E-state index < -0.39 is 17.5 Å². The van der Waals surface area contributed by atoms with Gasteiger partial charge in [-0.15, -0.1) is 0 Å². The van der Waals surface area contributed by atoms with Gasteiger partial charge in [-0.2, -0.15) is 5.10 Å². The van der Waals surface area contributed by atoms with Gasteiger partial charge in [-0.1, -0.05) is 31.9 Å². The zero-order chi connectivity index (χ0) is 16.1. The number of nitrogens with zero attached hydrogens (tertiary/aromatic N) is 2. The number of aromatic nitrogens is 3. The van der Waals surface area contributed by atoms with Gasteiger partial charge >= 0.3 is 5.69 Å². The number of aromatic amines is 1. The minimum Gasteiger partial charge on any atom is -0.495 e. The van der Waals surface area contributed by atoms with Crippen molar-refractivity contribution in [3.63, 3.8) is 0 Å². The van der Waals surface area contributed by atoms with Crippen molar-refractivity contribution in [3.8, 4) is 11.4 Å². The van der Waals surface area contributed by atoms with Crippen molar-refractivity contribution in [2.24, 2.45) is 5.73 Å². The molecule has 1 atom stereocenters. The Bertz CT molecular complexity index is 705. The molecule has 0 aliphatic heterocycles. The van der Waals surface area contributed by atoms with Gasteiger partial charge in [0.05, 0.1) is 18.7 Å². The third-order valence-corrected chi connectivity index (χ3v) is 3.53. The molecule has 1 amide bonds. The van der Waals surface area contributed by atoms with Crippen molar-refractivity contribution >= 4 is 5.91 Å². The minimum atomic E-state index is -0.621. The quantitative estimate of drug-likeness (QED) is 0.805. The van der Waals surface area contributed by atoms with Gasteiger partial charge in [-0.05, 0) is 18.6 Å². The van der Waals surface area contributed by atoms with Crippen molar-refractivity contribution in [3.05, 3.63) is 40.6 Å². The van der Waals surface area contributed by atoms with Gasteiger partial charge in [-0.25, -0.2) is 14.5 Å². The molecular formula is C15H20N4O3. The second-order valence-corrected chi connectivity index (χ2v) is 4.99. The van der Waals surface area contributed by atoms with E-state index >= 15 is 0 Å². The average Bonchev–Trinajstić information content (AvgIpc) is 2.88. The molecule has 1 unspecified atom stereocenters. The van der Waals surface area contributed by atoms with Crippen LogP contribution in [0.3, 0.4) is 0 Å². The Kier molecular flexibility index (Phi) is 4.98. The predicted molar refractivity (Wildman–Crippen MR) is 82.2 cm³/mol. The lowest BCUT2D eigenvalue weighted by atomic mass is 10.0. The third kappa shape index (κ3) is 3.03. The summed E-state index contributed by atoms with van der Waals surface area (Å²) in [5.74, 6) is -0.283. The van der Waals surface area contributed by atoms with Gasteiger partial charge in [0.15, 0.2) is 5.82 Å². The number of hydrogen-bond donors (Lipinski definition) is 2. The molecule has 0 aliphatic rings. The molecular weight excluding hydrogens is 284 g/mol. The smallest absolute Gasteiger partial charge is 0.348 e. The summed E-state index contributed by atoms with van der Waals surface area (Å²) in [6, 6.07) is 7.06. The normalized spacial score (nSPS) is 12.1. The van der Waals surface area contributed by atoms with E-state index in [-0.39, 0.29) is 0 Å². The number of benzene rings is 1. The molecule has 0 aliphatic carbocycles. The van der Waals surface area contributed by atoms with E-state index in [1.54, 1.807) is 24.3 Å². The lowest BCUT2D eigenvalue weighted by Crippen LogP contribution is -2.27. The van der Waals surface area contributed by atoms with Crippen LogP contribution in [0.5, 0.6) is 5.75 Å². The Balaban J connectivity index is 2.56. The molecule has 2 rings (SSSR count). The summed E-state index contributed by atoms with van der Waals surface area (Å²) < 4.78 is 6.63. The van der Waals surface area contributed by atoms with Crippen LogP contribution in [0, 0.1) is 0 Å². The molecule has 3 N–H and O–H groups in total. The molecule has 7 heteroatoms. The van der Waals surface area contributed by atoms with Gasteiger partial charge < -0.3 is 10.5 Å². The second kappa shape index (κ2) is 6.93. The maximum atomic E-state index is 12.1. The summed E-state index contributed by atoms with van der Waals surface area (Å²) in [6.45, 7) is 2.02. The predicted octanol–water partition coefficient (Wildman–Crippen LogP) is 1.33. The van der Waals surface area contributed by atoms with Gasteiger partial charge in [0.2, 0.25) is 5.91 Å². The molecule has 1 aromatic heterocycles. The number of carbonyl (C=O) groups is 1. The number of unbranched alkanes of at least 4 members (excludes halogenated alkanes) is 1. The molecule has 0 bridgehead atoms. The number of nitrogens with two attached hydrogens (primary N) is 1. The zero-order valence-electron chi connectivity index (χ0n) is 12.7. The highest BCUT2D eigenvalue weighted by Crippen LogP contribution is 2.26. The molecule has 2 aromatic rings. The number of rotatable bonds is 7. The molecule has 22 heavy (non-hydrogen) atoms. The van der Waals surface area contributed by atoms with Crippen LogP contribution in [-0.4, -0.2) is 27.8 Å². The standard InChI is InChI=1S/C15H20N4O3/c1-3-4-7-10(13(16)20)14-17-18-15(21)19(14)11-8-5-6-9-12(11)22-2/h5-6,8-10H,3-4,7H2,1-2H3,(H2,16,20)(H,18,21). The van der Waals surface area contributed by atoms with Crippen molar-refractivity contribution < 1.29 is 9.53 Å². The van der Waals surface area contributed by atoms with E-state index in [0.717, 1.165) is 12.8 Å². The number of carbonyl (C=O) groups excluding carboxylic acids is 1. The van der Waals surface area contributed by atoms with Gasteiger partial charge in [0, 0.05) is 0 Å². The average molecular weight is 304 g/mol. The highest BCUT2D eigenvalue weighted by molar-refractivity contribution is 5.81. The minimum absolute atomic E-state index is 0.315. The highest BCUT2D eigenvalue weighted by atomic mass is 16.5. The Morgan fingerprint density at radius 1 is 1.45 bits per heavy atom. The van der Waals surface area contributed by atoms with Crippen molar-refractivity contribution in [1.29, 1.82) is 0 Å². The van der Waals surface area contributed by atoms with Crippen LogP contribution in [0.1, 0.15) is 37.9 Å². The Morgan fingerprint density at radius 2 is 2.18 bits per heavy atom. The van der Waals surface area contributed by atoms with Crippen molar-refractivity contribution in [1.82, 2.24) is 14.8 Å². The number of primary amides is 1. The highest BCUT2D eigenvalue weighted by Gasteiger charge is 2.26. The maximum absolute atomic E-state index is 12.1. The fourth-order valence-electron chi connectivity index (χ4n) is 2.40. The SMILES string of the molecule is CCCCC(C(N)=O)c1n[nH]c(=O)n1-c1ccccc1OC. The Morgan fingerprint density at radius 3 is 2.82 bits per heavy atom. The summed E-state index contributed by atoms with van der Waals surface area (Å²) in [4.78, 5) is 23.9. The first-order valence-electron chi connectivity index (χ1n) is 7.20. The largest absolute Gasteiger partial charge is 0.495 e. The molecule has 1 heterocycles. The first kappa shape index (κ1) is 15.8. The number of methoxy groups -OCH3 is 1. The first-order valence-corrected chi connectivity index (χ1v) is 7.20. The van der Waals surface area contributed by atoms with Crippen molar-refractivity contribution in [2.75, 3.05) is 7.11 Å². The monoisotopic (exact) mass is 304 g/mol. The number of para-hydroxylation sites is 2. The molecule has 118 valence electrons. The topological polar surface area (TPSA) is 103 Å². The molecule has 1 aromatic carbocycles. The van der Waals surface area contributed by atoms with E-state index in [9.17, 15) is 9.59 Å². The van der Waals surface area contributed by atoms with Gasteiger partial charge in [0.1, 0.15) is 5.75 Å². The molecule has 7 nitrogen and oxygen atoms in total. The van der Waals surface area contributed by atoms with Crippen LogP contribution in [0.2, 0.25) is 0 Å². The lowest BCUT2D eigenvalue weighted by Gasteiger charge is -2.15. The molecule has 0 spiro atoms. The summed E-state index contributed by atoms with van der Waals surface area (Å²) in [7, 11) is 1.52. The number of hydrogen-bond acceptors (Lipinski definition) is 4. The second-order valence-electron chi connectivity index (χ2n) is 4.99. The van der Waals surface area contributed by atoms with Crippen LogP contribution >= 0.6 is 0 Å². The number of nitrogens with one attached hydrogen (secondary N) is 1. The van der Waals surface area contributed by atoms with Crippen LogP contribution < -0.4 is 16.2 Å². The molecule has 0 fully saturated rings. The zero-order valence-corrected chi connectivity index (χ0v) is 12.7. The molecule has 0 saturated heterocycles. The first-order chi connectivity index (χ1) is 10.6. The molecule has 0 radical (unpaired) electrons. The van der Waals surface area contributed by atoms with E-state index in [2.05, 4.69) is 10.2 Å². The fourth-order valence-corrected chi connectivity index (χ4v) is 2.40. The lowest BCUT2D eigenvalue weighted by molar-refractivity contribution is -0.119. The van der Waals surface area contributed by atoms with E-state index in [4.69, 9.17) is 10.5 Å². The summed E-state index contributed by atoms with van der Waals surface area (Å²) in [5, 5.41) is 6.40. The fraction of sp³-hybridized carbons (Fsp3) is 0.400. The summed E-state index contributed by atoms with van der Waals surface area (Å²) >= 11 is 0. The number of ether oxygens (including phenoxy) is 1. The van der Waals surface area contributed by atoms with Gasteiger partial charge in [0.25, 0.3) is 0 Å². The number of amides is 1. The van der Waals surface area contributed by atoms with Gasteiger partial charge in [-0.3, -0.25) is 4.79 Å². The van der Waals surface area contributed by atoms with Crippen LogP contribution in [0.25, 0.3) is 5.69 Å². The number of H-pyrrole nitrogens is 1.